The second kappa shape index (κ2) is 10.2. The van der Waals surface area contributed by atoms with Crippen LogP contribution in [0.15, 0.2) is 83.3 Å². The molecule has 9 nitrogen and oxygen atoms in total. The van der Waals surface area contributed by atoms with Crippen LogP contribution in [0.3, 0.4) is 0 Å². The number of rotatable bonds is 7. The van der Waals surface area contributed by atoms with Crippen molar-refractivity contribution in [2.24, 2.45) is 0 Å². The van der Waals surface area contributed by atoms with Gasteiger partial charge in [0.25, 0.3) is 11.8 Å². The summed E-state index contributed by atoms with van der Waals surface area (Å²) in [4.78, 5) is 38.7. The fraction of sp³-hybridized carbons (Fsp3) is 0.0800. The van der Waals surface area contributed by atoms with E-state index in [1.165, 1.54) is 48.5 Å². The highest BCUT2D eigenvalue weighted by atomic mass is 35.5. The number of nitrogens with one attached hydrogen (secondary N) is 1. The molecule has 1 saturated heterocycles. The number of ether oxygens (including phenoxy) is 1. The number of urea groups is 1. The third kappa shape index (κ3) is 5.24. The monoisotopic (exact) mass is 526 g/mol. The van der Waals surface area contributed by atoms with Gasteiger partial charge in [-0.2, -0.15) is 8.42 Å². The average Bonchev–Trinajstić information content (AvgIpc) is 2.84. The minimum atomic E-state index is -4.13. The number of carbonyl (C=O) groups excluding carboxylic acids is 3. The largest absolute Gasteiger partial charge is 0.490 e. The highest BCUT2D eigenvalue weighted by Crippen LogP contribution is 2.32. The molecule has 0 saturated carbocycles. The number of carbonyl (C=O) groups is 3. The minimum Gasteiger partial charge on any atom is -0.490 e. The number of imide groups is 2. The number of anilines is 1. The molecule has 1 aliphatic rings. The summed E-state index contributed by atoms with van der Waals surface area (Å²) >= 11 is 5.98. The summed E-state index contributed by atoms with van der Waals surface area (Å²) in [6.45, 7) is 1.89. The third-order valence-electron chi connectivity index (χ3n) is 4.98. The first-order chi connectivity index (χ1) is 17.2. The predicted octanol–water partition coefficient (Wildman–Crippen LogP) is 4.17. The Balaban J connectivity index is 1.68. The number of nitrogens with zero attached hydrogens (tertiary/aromatic N) is 1. The number of halogens is 1. The molecule has 0 atom stereocenters. The molecule has 0 aromatic heterocycles. The van der Waals surface area contributed by atoms with Gasteiger partial charge in [-0.15, -0.1) is 0 Å². The van der Waals surface area contributed by atoms with Gasteiger partial charge in [-0.25, -0.2) is 9.69 Å². The van der Waals surface area contributed by atoms with Crippen LogP contribution in [0.5, 0.6) is 11.5 Å². The van der Waals surface area contributed by atoms with Gasteiger partial charge in [-0.3, -0.25) is 14.9 Å². The van der Waals surface area contributed by atoms with Gasteiger partial charge in [0.2, 0.25) is 0 Å². The summed E-state index contributed by atoms with van der Waals surface area (Å²) in [7, 11) is -4.13. The Kier molecular flexibility index (Phi) is 7.09. The molecule has 0 spiro atoms. The summed E-state index contributed by atoms with van der Waals surface area (Å²) in [6.07, 6.45) is 1.26. The van der Waals surface area contributed by atoms with Crippen LogP contribution >= 0.6 is 11.6 Å². The SMILES string of the molecule is CCOc1cc(/C=C2\C(=O)NC(=O)N(c3cccc(Cl)c3)C2=O)ccc1OS(=O)(=O)c1ccccc1. The smallest absolute Gasteiger partial charge is 0.339 e. The molecule has 3 aromatic rings. The van der Waals surface area contributed by atoms with Gasteiger partial charge in [0, 0.05) is 5.02 Å². The zero-order chi connectivity index (χ0) is 25.9. The quantitative estimate of drug-likeness (QED) is 0.279. The molecule has 184 valence electrons. The first-order valence-electron chi connectivity index (χ1n) is 10.6. The van der Waals surface area contributed by atoms with Crippen LogP contribution < -0.4 is 19.1 Å². The summed E-state index contributed by atoms with van der Waals surface area (Å²) in [6, 6.07) is 17.0. The van der Waals surface area contributed by atoms with E-state index < -0.39 is 28.0 Å². The lowest BCUT2D eigenvalue weighted by molar-refractivity contribution is -0.122. The van der Waals surface area contributed by atoms with Crippen molar-refractivity contribution in [3.8, 4) is 11.5 Å². The Hall–Kier alpha value is -4.15. The van der Waals surface area contributed by atoms with Crippen molar-refractivity contribution in [3.05, 3.63) is 89.0 Å². The van der Waals surface area contributed by atoms with E-state index in [1.54, 1.807) is 37.3 Å². The number of barbiturate groups is 1. The van der Waals surface area contributed by atoms with Crippen molar-refractivity contribution in [2.75, 3.05) is 11.5 Å². The van der Waals surface area contributed by atoms with E-state index >= 15 is 0 Å². The van der Waals surface area contributed by atoms with Crippen LogP contribution in [0, 0.1) is 0 Å². The lowest BCUT2D eigenvalue weighted by Gasteiger charge is -2.26. The lowest BCUT2D eigenvalue weighted by Crippen LogP contribution is -2.54. The fourth-order valence-corrected chi connectivity index (χ4v) is 4.52. The standard InChI is InChI=1S/C25H19ClN2O7S/c1-2-34-22-14-16(11-12-21(22)35-36(32,33)19-9-4-3-5-10-19)13-20-23(29)27-25(31)28(24(20)30)18-8-6-7-17(26)15-18/h3-15H,2H2,1H3,(H,27,29,31)/b20-13+. The maximum Gasteiger partial charge on any atom is 0.339 e. The molecule has 11 heteroatoms. The van der Waals surface area contributed by atoms with Gasteiger partial charge < -0.3 is 8.92 Å². The molecular weight excluding hydrogens is 508 g/mol. The molecule has 4 amide bonds. The Morgan fingerprint density at radius 3 is 2.39 bits per heavy atom. The van der Waals surface area contributed by atoms with Gasteiger partial charge in [-0.05, 0) is 61.0 Å². The highest BCUT2D eigenvalue weighted by Gasteiger charge is 2.37. The maximum atomic E-state index is 13.1. The Labute approximate surface area is 212 Å². The normalized spacial score (nSPS) is 15.1. The van der Waals surface area contributed by atoms with Crippen molar-refractivity contribution in [2.45, 2.75) is 11.8 Å². The van der Waals surface area contributed by atoms with Crippen LogP contribution in [0.2, 0.25) is 5.02 Å². The summed E-state index contributed by atoms with van der Waals surface area (Å²) in [5, 5.41) is 2.43. The number of hydrogen-bond acceptors (Lipinski definition) is 7. The van der Waals surface area contributed by atoms with Gasteiger partial charge in [0.15, 0.2) is 11.5 Å². The van der Waals surface area contributed by atoms with Gasteiger partial charge in [-0.1, -0.05) is 41.9 Å². The van der Waals surface area contributed by atoms with E-state index in [0.29, 0.717) is 10.6 Å². The number of amides is 4. The molecule has 0 unspecified atom stereocenters. The molecule has 0 bridgehead atoms. The zero-order valence-corrected chi connectivity index (χ0v) is 20.4. The number of hydrogen-bond donors (Lipinski definition) is 1. The van der Waals surface area contributed by atoms with Crippen molar-refractivity contribution < 1.29 is 31.7 Å². The van der Waals surface area contributed by atoms with Crippen molar-refractivity contribution in [1.29, 1.82) is 0 Å². The van der Waals surface area contributed by atoms with Crippen LogP contribution in [0.25, 0.3) is 6.08 Å². The molecule has 1 N–H and O–H groups in total. The number of benzene rings is 3. The minimum absolute atomic E-state index is 0.0334. The van der Waals surface area contributed by atoms with Crippen molar-refractivity contribution >= 4 is 51.3 Å². The molecule has 36 heavy (non-hydrogen) atoms. The van der Waals surface area contributed by atoms with Crippen LogP contribution in [0.4, 0.5) is 10.5 Å². The van der Waals surface area contributed by atoms with Crippen LogP contribution in [0.1, 0.15) is 12.5 Å². The third-order valence-corrected chi connectivity index (χ3v) is 6.46. The second-order valence-electron chi connectivity index (χ2n) is 7.43. The van der Waals surface area contributed by atoms with Crippen molar-refractivity contribution in [3.63, 3.8) is 0 Å². The molecule has 3 aromatic carbocycles. The second-order valence-corrected chi connectivity index (χ2v) is 9.41. The van der Waals surface area contributed by atoms with Crippen molar-refractivity contribution in [1.82, 2.24) is 5.32 Å². The van der Waals surface area contributed by atoms with Gasteiger partial charge in [0.1, 0.15) is 10.5 Å². The molecule has 0 radical (unpaired) electrons. The van der Waals surface area contributed by atoms with E-state index in [1.807, 2.05) is 0 Å². The maximum absolute atomic E-state index is 13.1. The molecule has 1 aliphatic heterocycles. The zero-order valence-electron chi connectivity index (χ0n) is 18.8. The van der Waals surface area contributed by atoms with Gasteiger partial charge >= 0.3 is 16.1 Å². The molecular formula is C25H19ClN2O7S. The first-order valence-corrected chi connectivity index (χ1v) is 12.4. The average molecular weight is 527 g/mol. The molecule has 1 fully saturated rings. The summed E-state index contributed by atoms with van der Waals surface area (Å²) in [5.41, 5.74) is 0.206. The van der Waals surface area contributed by atoms with E-state index in [-0.39, 0.29) is 34.3 Å². The first kappa shape index (κ1) is 25.0. The molecule has 1 heterocycles. The summed E-state index contributed by atoms with van der Waals surface area (Å²) < 4.78 is 36.1. The lowest BCUT2D eigenvalue weighted by atomic mass is 10.1. The van der Waals surface area contributed by atoms with E-state index in [9.17, 15) is 22.8 Å². The van der Waals surface area contributed by atoms with Gasteiger partial charge in [0.05, 0.1) is 12.3 Å². The Bertz CT molecular complexity index is 1490. The highest BCUT2D eigenvalue weighted by molar-refractivity contribution is 7.87. The molecule has 0 aliphatic carbocycles. The summed E-state index contributed by atoms with van der Waals surface area (Å²) in [5.74, 6) is -1.72. The topological polar surface area (TPSA) is 119 Å². The van der Waals surface area contributed by atoms with Crippen LogP contribution in [-0.2, 0) is 19.7 Å². The Morgan fingerprint density at radius 2 is 1.69 bits per heavy atom. The van der Waals surface area contributed by atoms with E-state index in [2.05, 4.69) is 5.32 Å². The predicted molar refractivity (Wildman–Crippen MR) is 132 cm³/mol. The van der Waals surface area contributed by atoms with E-state index in [0.717, 1.165) is 4.90 Å². The molecule has 4 rings (SSSR count). The fourth-order valence-electron chi connectivity index (χ4n) is 3.38. The Morgan fingerprint density at radius 1 is 0.944 bits per heavy atom. The van der Waals surface area contributed by atoms with E-state index in [4.69, 9.17) is 20.5 Å². The van der Waals surface area contributed by atoms with Crippen LogP contribution in [-0.4, -0.2) is 32.9 Å².